The molecule has 0 spiro atoms. The van der Waals surface area contributed by atoms with E-state index in [1.807, 2.05) is 85.1 Å². The third-order valence-electron chi connectivity index (χ3n) is 4.31. The van der Waals surface area contributed by atoms with Crippen molar-refractivity contribution in [1.29, 1.82) is 0 Å². The first-order valence-corrected chi connectivity index (χ1v) is 9.49. The van der Waals surface area contributed by atoms with Gasteiger partial charge in [0.15, 0.2) is 0 Å². The second kappa shape index (κ2) is 9.34. The maximum absolute atomic E-state index is 12.4. The Kier molecular flexibility index (Phi) is 5.96. The Bertz CT molecular complexity index is 1140. The van der Waals surface area contributed by atoms with Gasteiger partial charge in [0.05, 0.1) is 12.8 Å². The van der Waals surface area contributed by atoms with Gasteiger partial charge < -0.3 is 4.74 Å². The number of carbonyl (C=O) groups excluding carboxylic acids is 1. The lowest BCUT2D eigenvalue weighted by molar-refractivity contribution is 0.0955. The molecule has 30 heavy (non-hydrogen) atoms. The Morgan fingerprint density at radius 2 is 1.80 bits per heavy atom. The number of para-hydroxylation sites is 1. The summed E-state index contributed by atoms with van der Waals surface area (Å²) < 4.78 is 7.62. The van der Waals surface area contributed by atoms with Crippen LogP contribution in [0.1, 0.15) is 21.5 Å². The molecule has 0 saturated heterocycles. The number of hydrogen-bond donors (Lipinski definition) is 1. The lowest BCUT2D eigenvalue weighted by Crippen LogP contribution is -2.18. The molecule has 4 aromatic rings. The Labute approximate surface area is 174 Å². The minimum absolute atomic E-state index is 0.273. The normalized spacial score (nSPS) is 10.8. The maximum atomic E-state index is 12.4. The van der Waals surface area contributed by atoms with E-state index in [9.17, 15) is 4.79 Å². The van der Waals surface area contributed by atoms with Gasteiger partial charge in [-0.2, -0.15) is 10.2 Å². The first-order chi connectivity index (χ1) is 14.8. The van der Waals surface area contributed by atoms with Crippen LogP contribution in [0.25, 0.3) is 0 Å². The highest BCUT2D eigenvalue weighted by Gasteiger charge is 2.06. The number of amides is 1. The van der Waals surface area contributed by atoms with Crippen LogP contribution < -0.4 is 10.2 Å². The van der Waals surface area contributed by atoms with E-state index in [0.717, 1.165) is 16.9 Å². The smallest absolute Gasteiger partial charge is 0.271 e. The van der Waals surface area contributed by atoms with Crippen LogP contribution >= 0.6 is 0 Å². The van der Waals surface area contributed by atoms with Crippen LogP contribution in [0.4, 0.5) is 0 Å². The molecule has 0 aliphatic carbocycles. The summed E-state index contributed by atoms with van der Waals surface area (Å²) in [6.45, 7) is 0.603. The van der Waals surface area contributed by atoms with Gasteiger partial charge in [0.1, 0.15) is 11.5 Å². The van der Waals surface area contributed by atoms with Crippen molar-refractivity contribution in [3.05, 3.63) is 114 Å². The molecule has 0 atom stereocenters. The van der Waals surface area contributed by atoms with E-state index in [2.05, 4.69) is 15.6 Å². The van der Waals surface area contributed by atoms with Gasteiger partial charge in [-0.1, -0.05) is 42.5 Å². The summed E-state index contributed by atoms with van der Waals surface area (Å²) >= 11 is 0. The Morgan fingerprint density at radius 3 is 2.63 bits per heavy atom. The number of aromatic nitrogens is 2. The zero-order chi connectivity index (χ0) is 20.6. The number of hydrogen-bond acceptors (Lipinski definition) is 4. The minimum atomic E-state index is -0.273. The van der Waals surface area contributed by atoms with Crippen molar-refractivity contribution < 1.29 is 9.53 Å². The fourth-order valence-electron chi connectivity index (χ4n) is 2.90. The molecule has 3 aromatic carbocycles. The number of nitrogens with one attached hydrogen (secondary N) is 1. The SMILES string of the molecule is O=C(N/N=C\c1cccc(Oc2ccccc2)c1)c1cccc(Cn2cccn2)c1. The van der Waals surface area contributed by atoms with E-state index in [1.165, 1.54) is 0 Å². The fourth-order valence-corrected chi connectivity index (χ4v) is 2.90. The minimum Gasteiger partial charge on any atom is -0.457 e. The van der Waals surface area contributed by atoms with Gasteiger partial charge in [0.2, 0.25) is 0 Å². The van der Waals surface area contributed by atoms with Gasteiger partial charge in [-0.3, -0.25) is 9.48 Å². The Hall–Kier alpha value is -4.19. The van der Waals surface area contributed by atoms with Crippen molar-refractivity contribution in [3.63, 3.8) is 0 Å². The molecule has 6 heteroatoms. The molecule has 0 radical (unpaired) electrons. The predicted molar refractivity (Wildman–Crippen MR) is 116 cm³/mol. The first kappa shape index (κ1) is 19.1. The molecule has 1 amide bonds. The van der Waals surface area contributed by atoms with Gasteiger partial charge in [-0.15, -0.1) is 0 Å². The highest BCUT2D eigenvalue weighted by atomic mass is 16.5. The molecule has 0 unspecified atom stereocenters. The highest BCUT2D eigenvalue weighted by Crippen LogP contribution is 2.21. The Morgan fingerprint density at radius 1 is 0.967 bits per heavy atom. The van der Waals surface area contributed by atoms with E-state index in [-0.39, 0.29) is 5.91 Å². The van der Waals surface area contributed by atoms with Crippen molar-refractivity contribution in [2.24, 2.45) is 5.10 Å². The fraction of sp³-hybridized carbons (Fsp3) is 0.0417. The van der Waals surface area contributed by atoms with Crippen LogP contribution in [0.15, 0.2) is 102 Å². The molecule has 1 N–H and O–H groups in total. The van der Waals surface area contributed by atoms with Crippen LogP contribution in [0.2, 0.25) is 0 Å². The van der Waals surface area contributed by atoms with E-state index in [4.69, 9.17) is 4.74 Å². The van der Waals surface area contributed by atoms with Crippen molar-refractivity contribution in [2.75, 3.05) is 0 Å². The van der Waals surface area contributed by atoms with Gasteiger partial charge >= 0.3 is 0 Å². The molecular weight excluding hydrogens is 376 g/mol. The van der Waals surface area contributed by atoms with E-state index >= 15 is 0 Å². The average Bonchev–Trinajstić information content (AvgIpc) is 3.28. The molecule has 0 fully saturated rings. The quantitative estimate of drug-likeness (QED) is 0.370. The molecule has 0 aliphatic heterocycles. The molecule has 4 rings (SSSR count). The topological polar surface area (TPSA) is 68.5 Å². The summed E-state index contributed by atoms with van der Waals surface area (Å²) in [6, 6.07) is 26.3. The third kappa shape index (κ3) is 5.20. The third-order valence-corrected chi connectivity index (χ3v) is 4.31. The summed E-state index contributed by atoms with van der Waals surface area (Å²) in [5.74, 6) is 1.18. The monoisotopic (exact) mass is 396 g/mol. The second-order valence-electron chi connectivity index (χ2n) is 6.59. The number of hydrazone groups is 1. The summed E-state index contributed by atoms with van der Waals surface area (Å²) in [7, 11) is 0. The van der Waals surface area contributed by atoms with Crippen LogP contribution in [0, 0.1) is 0 Å². The Balaban J connectivity index is 1.37. The molecule has 148 valence electrons. The van der Waals surface area contributed by atoms with Gasteiger partial charge in [0.25, 0.3) is 5.91 Å². The molecular formula is C24H20N4O2. The van der Waals surface area contributed by atoms with Crippen LogP contribution in [-0.2, 0) is 6.54 Å². The summed E-state index contributed by atoms with van der Waals surface area (Å²) in [6.07, 6.45) is 5.20. The summed E-state index contributed by atoms with van der Waals surface area (Å²) in [4.78, 5) is 12.4. The zero-order valence-electron chi connectivity index (χ0n) is 16.2. The second-order valence-corrected chi connectivity index (χ2v) is 6.59. The average molecular weight is 396 g/mol. The number of carbonyl (C=O) groups is 1. The van der Waals surface area contributed by atoms with Crippen LogP contribution in [-0.4, -0.2) is 21.9 Å². The predicted octanol–water partition coefficient (Wildman–Crippen LogP) is 4.49. The number of benzene rings is 3. The van der Waals surface area contributed by atoms with Crippen molar-refractivity contribution in [1.82, 2.24) is 15.2 Å². The molecule has 6 nitrogen and oxygen atoms in total. The molecule has 0 bridgehead atoms. The zero-order valence-corrected chi connectivity index (χ0v) is 16.2. The van der Waals surface area contributed by atoms with Crippen molar-refractivity contribution >= 4 is 12.1 Å². The largest absolute Gasteiger partial charge is 0.457 e. The lowest BCUT2D eigenvalue weighted by atomic mass is 10.1. The van der Waals surface area contributed by atoms with Crippen LogP contribution in [0.3, 0.4) is 0 Å². The van der Waals surface area contributed by atoms with E-state index in [1.54, 1.807) is 23.2 Å². The van der Waals surface area contributed by atoms with Gasteiger partial charge in [-0.05, 0) is 53.6 Å². The number of rotatable bonds is 7. The standard InChI is InChI=1S/C24H20N4O2/c29-24(21-9-4-8-20(15-21)18-28-14-6-13-26-28)27-25-17-19-7-5-12-23(16-19)30-22-10-2-1-3-11-22/h1-17H,18H2,(H,27,29)/b25-17-. The molecule has 0 aliphatic rings. The van der Waals surface area contributed by atoms with Crippen molar-refractivity contribution in [2.45, 2.75) is 6.54 Å². The lowest BCUT2D eigenvalue weighted by Gasteiger charge is -2.06. The molecule has 1 heterocycles. The summed E-state index contributed by atoms with van der Waals surface area (Å²) in [5.41, 5.74) is 4.91. The van der Waals surface area contributed by atoms with Gasteiger partial charge in [-0.25, -0.2) is 5.43 Å². The van der Waals surface area contributed by atoms with E-state index in [0.29, 0.717) is 17.9 Å². The molecule has 0 saturated carbocycles. The van der Waals surface area contributed by atoms with Gasteiger partial charge in [0, 0.05) is 18.0 Å². The number of nitrogens with zero attached hydrogens (tertiary/aromatic N) is 3. The first-order valence-electron chi connectivity index (χ1n) is 9.49. The molecule has 1 aromatic heterocycles. The number of ether oxygens (including phenoxy) is 1. The van der Waals surface area contributed by atoms with Crippen LogP contribution in [0.5, 0.6) is 11.5 Å². The van der Waals surface area contributed by atoms with Crippen molar-refractivity contribution in [3.8, 4) is 11.5 Å². The highest BCUT2D eigenvalue weighted by molar-refractivity contribution is 5.95. The van der Waals surface area contributed by atoms with E-state index < -0.39 is 0 Å². The summed E-state index contributed by atoms with van der Waals surface area (Å²) in [5, 5.41) is 8.26. The maximum Gasteiger partial charge on any atom is 0.271 e.